The molecule has 2 rings (SSSR count). The van der Waals surface area contributed by atoms with Crippen molar-refractivity contribution in [3.05, 3.63) is 35.0 Å². The van der Waals surface area contributed by atoms with E-state index in [0.717, 1.165) is 25.6 Å². The summed E-state index contributed by atoms with van der Waals surface area (Å²) in [6.07, 6.45) is 4.43. The van der Waals surface area contributed by atoms with E-state index in [1.54, 1.807) is 0 Å². The molecule has 6 heteroatoms. The van der Waals surface area contributed by atoms with Crippen molar-refractivity contribution in [1.29, 1.82) is 0 Å². The molecule has 1 atom stereocenters. The van der Waals surface area contributed by atoms with Gasteiger partial charge in [0.25, 0.3) is 0 Å². The predicted molar refractivity (Wildman–Crippen MR) is 107 cm³/mol. The van der Waals surface area contributed by atoms with E-state index in [1.807, 2.05) is 24.5 Å². The Morgan fingerprint density at radius 3 is 3.09 bits per heavy atom. The smallest absolute Gasteiger partial charge is 0.191 e. The van der Waals surface area contributed by atoms with Crippen molar-refractivity contribution < 1.29 is 0 Å². The lowest BCUT2D eigenvalue weighted by molar-refractivity contribution is 0.169. The molecular weight excluding hydrogens is 407 g/mol. The number of hydrogen-bond donors (Lipinski definition) is 2. The van der Waals surface area contributed by atoms with Crippen molar-refractivity contribution >= 4 is 41.3 Å². The van der Waals surface area contributed by atoms with Crippen LogP contribution in [0, 0.1) is 5.92 Å². The minimum Gasteiger partial charge on any atom is -0.356 e. The van der Waals surface area contributed by atoms with Crippen LogP contribution in [0.15, 0.2) is 35.2 Å². The van der Waals surface area contributed by atoms with E-state index in [2.05, 4.69) is 44.6 Å². The van der Waals surface area contributed by atoms with Crippen LogP contribution in [0.4, 0.5) is 0 Å². The van der Waals surface area contributed by atoms with E-state index in [9.17, 15) is 0 Å². The molecular formula is C16H27IN4S. The third-order valence-electron chi connectivity index (χ3n) is 3.76. The molecule has 1 aromatic rings. The lowest BCUT2D eigenvalue weighted by Crippen LogP contribution is -2.44. The van der Waals surface area contributed by atoms with Crippen LogP contribution in [0.3, 0.4) is 0 Å². The van der Waals surface area contributed by atoms with Crippen LogP contribution in [0.1, 0.15) is 17.7 Å². The second-order valence-corrected chi connectivity index (χ2v) is 6.48. The summed E-state index contributed by atoms with van der Waals surface area (Å²) in [6.45, 7) is 8.93. The van der Waals surface area contributed by atoms with E-state index in [1.165, 1.54) is 30.8 Å². The summed E-state index contributed by atoms with van der Waals surface area (Å²) in [4.78, 5) is 8.26. The zero-order chi connectivity index (χ0) is 14.9. The summed E-state index contributed by atoms with van der Waals surface area (Å²) >= 11 is 1.85. The topological polar surface area (TPSA) is 39.7 Å². The zero-order valence-corrected chi connectivity index (χ0v) is 16.4. The molecule has 1 unspecified atom stereocenters. The molecule has 4 nitrogen and oxygen atoms in total. The summed E-state index contributed by atoms with van der Waals surface area (Å²) in [7, 11) is 1.81. The first kappa shape index (κ1) is 19.4. The first-order chi connectivity index (χ1) is 10.3. The average molecular weight is 434 g/mol. The van der Waals surface area contributed by atoms with Crippen molar-refractivity contribution in [2.24, 2.45) is 10.9 Å². The van der Waals surface area contributed by atoms with Crippen molar-refractivity contribution in [3.63, 3.8) is 0 Å². The van der Waals surface area contributed by atoms with Crippen LogP contribution in [-0.4, -0.2) is 44.1 Å². The molecule has 1 fully saturated rings. The normalized spacial score (nSPS) is 19.3. The highest BCUT2D eigenvalue weighted by Gasteiger charge is 2.20. The molecule has 0 aromatic carbocycles. The van der Waals surface area contributed by atoms with Crippen LogP contribution in [0.2, 0.25) is 0 Å². The van der Waals surface area contributed by atoms with E-state index in [-0.39, 0.29) is 24.0 Å². The monoisotopic (exact) mass is 434 g/mol. The number of halogens is 1. The van der Waals surface area contributed by atoms with Crippen LogP contribution in [-0.2, 0) is 6.54 Å². The van der Waals surface area contributed by atoms with E-state index in [4.69, 9.17) is 0 Å². The Balaban J connectivity index is 0.00000242. The minimum atomic E-state index is 0. The van der Waals surface area contributed by atoms with Crippen LogP contribution in [0.25, 0.3) is 0 Å². The molecule has 124 valence electrons. The van der Waals surface area contributed by atoms with Crippen LogP contribution in [0.5, 0.6) is 0 Å². The van der Waals surface area contributed by atoms with E-state index < -0.39 is 0 Å². The molecule has 1 aliphatic heterocycles. The van der Waals surface area contributed by atoms with Gasteiger partial charge in [-0.1, -0.05) is 12.1 Å². The Hall–Kier alpha value is -0.600. The van der Waals surface area contributed by atoms with Crippen molar-refractivity contribution in [1.82, 2.24) is 15.5 Å². The average Bonchev–Trinajstić information content (AvgIpc) is 3.01. The third-order valence-corrected chi connectivity index (χ3v) is 4.62. The quantitative estimate of drug-likeness (QED) is 0.313. The van der Waals surface area contributed by atoms with Gasteiger partial charge in [-0.3, -0.25) is 9.89 Å². The second-order valence-electron chi connectivity index (χ2n) is 5.45. The number of guanidine groups is 1. The Bertz CT molecular complexity index is 447. The number of nitrogens with zero attached hydrogens (tertiary/aromatic N) is 2. The Labute approximate surface area is 155 Å². The van der Waals surface area contributed by atoms with Crippen LogP contribution >= 0.6 is 35.3 Å². The van der Waals surface area contributed by atoms with E-state index >= 15 is 0 Å². The lowest BCUT2D eigenvalue weighted by atomic mass is 9.98. The molecule has 2 heterocycles. The number of nitrogens with one attached hydrogen (secondary N) is 2. The summed E-state index contributed by atoms with van der Waals surface area (Å²) in [5.74, 6) is 1.56. The van der Waals surface area contributed by atoms with Gasteiger partial charge < -0.3 is 10.6 Å². The first-order valence-corrected chi connectivity index (χ1v) is 8.50. The van der Waals surface area contributed by atoms with Gasteiger partial charge in [0.1, 0.15) is 0 Å². The fraction of sp³-hybridized carbons (Fsp3) is 0.562. The van der Waals surface area contributed by atoms with Crippen molar-refractivity contribution in [3.8, 4) is 0 Å². The van der Waals surface area contributed by atoms with Gasteiger partial charge in [-0.05, 0) is 36.8 Å². The maximum Gasteiger partial charge on any atom is 0.191 e. The number of hydrogen-bond acceptors (Lipinski definition) is 3. The summed E-state index contributed by atoms with van der Waals surface area (Å²) in [5.41, 5.74) is 0. The Kier molecular flexibility index (Phi) is 9.74. The molecule has 0 bridgehead atoms. The number of piperidine rings is 1. The summed E-state index contributed by atoms with van der Waals surface area (Å²) in [5, 5.41) is 8.80. The fourth-order valence-electron chi connectivity index (χ4n) is 2.71. The second kappa shape index (κ2) is 11.0. The SMILES string of the molecule is C=CCNC(=NC)NCC1CCCN(Cc2cccs2)C1.I. The van der Waals surface area contributed by atoms with Crippen LogP contribution < -0.4 is 10.6 Å². The number of thiophene rings is 1. The van der Waals surface area contributed by atoms with Crippen molar-refractivity contribution in [2.75, 3.05) is 33.2 Å². The highest BCUT2D eigenvalue weighted by atomic mass is 127. The highest BCUT2D eigenvalue weighted by Crippen LogP contribution is 2.19. The standard InChI is InChI=1S/C16H26N4S.HI/c1-3-8-18-16(17-2)19-11-14-6-4-9-20(12-14)13-15-7-5-10-21-15;/h3,5,7,10,14H,1,4,6,8-9,11-13H2,2H3,(H2,17,18,19);1H. The molecule has 1 saturated heterocycles. The zero-order valence-electron chi connectivity index (χ0n) is 13.3. The Morgan fingerprint density at radius 2 is 2.41 bits per heavy atom. The third kappa shape index (κ3) is 6.66. The largest absolute Gasteiger partial charge is 0.356 e. The molecule has 0 spiro atoms. The van der Waals surface area contributed by atoms with Gasteiger partial charge in [0.15, 0.2) is 5.96 Å². The molecule has 22 heavy (non-hydrogen) atoms. The molecule has 0 saturated carbocycles. The van der Waals surface area contributed by atoms with Gasteiger partial charge in [-0.15, -0.1) is 41.9 Å². The number of rotatable bonds is 6. The maximum absolute atomic E-state index is 4.22. The van der Waals surface area contributed by atoms with Gasteiger partial charge in [0.2, 0.25) is 0 Å². The Morgan fingerprint density at radius 1 is 1.55 bits per heavy atom. The summed E-state index contributed by atoms with van der Waals surface area (Å²) in [6, 6.07) is 4.37. The lowest BCUT2D eigenvalue weighted by Gasteiger charge is -2.32. The molecule has 1 aliphatic rings. The predicted octanol–water partition coefficient (Wildman–Crippen LogP) is 2.93. The van der Waals surface area contributed by atoms with Gasteiger partial charge in [-0.25, -0.2) is 0 Å². The fourth-order valence-corrected chi connectivity index (χ4v) is 3.46. The highest BCUT2D eigenvalue weighted by molar-refractivity contribution is 14.0. The number of aliphatic imine (C=N–C) groups is 1. The minimum absolute atomic E-state index is 0. The molecule has 2 N–H and O–H groups in total. The van der Waals surface area contributed by atoms with Crippen molar-refractivity contribution in [2.45, 2.75) is 19.4 Å². The maximum atomic E-state index is 4.22. The molecule has 1 aromatic heterocycles. The van der Waals surface area contributed by atoms with Gasteiger partial charge in [0, 0.05) is 38.1 Å². The molecule has 0 aliphatic carbocycles. The van der Waals surface area contributed by atoms with Gasteiger partial charge in [-0.2, -0.15) is 0 Å². The van der Waals surface area contributed by atoms with Gasteiger partial charge in [0.05, 0.1) is 0 Å². The molecule has 0 radical (unpaired) electrons. The summed E-state index contributed by atoms with van der Waals surface area (Å²) < 4.78 is 0. The van der Waals surface area contributed by atoms with E-state index in [0.29, 0.717) is 5.92 Å². The first-order valence-electron chi connectivity index (χ1n) is 7.62. The van der Waals surface area contributed by atoms with Gasteiger partial charge >= 0.3 is 0 Å². The number of likely N-dealkylation sites (tertiary alicyclic amines) is 1. The molecule has 0 amide bonds.